The Morgan fingerprint density at radius 3 is 2.71 bits per heavy atom. The molecule has 0 radical (unpaired) electrons. The first kappa shape index (κ1) is 11.8. The number of hydrogen-bond acceptors (Lipinski definition) is 3. The summed E-state index contributed by atoms with van der Waals surface area (Å²) in [4.78, 5) is 10.9. The van der Waals surface area contributed by atoms with Crippen LogP contribution in [0.4, 0.5) is 0 Å². The number of benzene rings is 1. The van der Waals surface area contributed by atoms with Crippen molar-refractivity contribution in [2.24, 2.45) is 11.5 Å². The molecule has 88 valence electrons. The fourth-order valence-electron chi connectivity index (χ4n) is 1.45. The summed E-state index contributed by atoms with van der Waals surface area (Å²) in [7, 11) is 0. The van der Waals surface area contributed by atoms with Gasteiger partial charge in [-0.25, -0.2) is 4.68 Å². The Morgan fingerprint density at radius 2 is 2.18 bits per heavy atom. The third-order valence-corrected chi connectivity index (χ3v) is 2.97. The molecule has 0 spiro atoms. The van der Waals surface area contributed by atoms with Gasteiger partial charge in [-0.05, 0) is 39.7 Å². The third-order valence-electron chi connectivity index (χ3n) is 2.34. The minimum atomic E-state index is -0.543. The highest BCUT2D eigenvalue weighted by Gasteiger charge is 2.08. The molecule has 17 heavy (non-hydrogen) atoms. The average Bonchev–Trinajstić information content (AvgIpc) is 2.78. The Balaban J connectivity index is 2.42. The highest BCUT2D eigenvalue weighted by atomic mass is 79.9. The zero-order valence-electron chi connectivity index (χ0n) is 8.93. The molecule has 0 atom stereocenters. The number of amides is 1. The Morgan fingerprint density at radius 1 is 1.41 bits per heavy atom. The lowest BCUT2D eigenvalue weighted by Crippen LogP contribution is -2.12. The summed E-state index contributed by atoms with van der Waals surface area (Å²) in [6.45, 7) is 0.477. The van der Waals surface area contributed by atoms with Crippen LogP contribution in [0, 0.1) is 0 Å². The molecule has 0 aliphatic carbocycles. The maximum Gasteiger partial charge on any atom is 0.269 e. The van der Waals surface area contributed by atoms with E-state index in [1.807, 2.05) is 18.2 Å². The molecule has 2 aromatic rings. The second kappa shape index (κ2) is 4.68. The summed E-state index contributed by atoms with van der Waals surface area (Å²) in [6, 6.07) is 7.28. The molecule has 1 aromatic heterocycles. The highest BCUT2D eigenvalue weighted by molar-refractivity contribution is 9.10. The Bertz CT molecular complexity index is 564. The van der Waals surface area contributed by atoms with E-state index in [1.165, 1.54) is 0 Å². The molecule has 0 saturated heterocycles. The Hall–Kier alpha value is -1.66. The second-order valence-corrected chi connectivity index (χ2v) is 4.35. The van der Waals surface area contributed by atoms with Crippen LogP contribution in [0.1, 0.15) is 16.1 Å². The summed E-state index contributed by atoms with van der Waals surface area (Å²) in [5.41, 5.74) is 12.8. The van der Waals surface area contributed by atoms with Crippen LogP contribution >= 0.6 is 15.9 Å². The van der Waals surface area contributed by atoms with Crippen molar-refractivity contribution in [1.82, 2.24) is 9.78 Å². The monoisotopic (exact) mass is 294 g/mol. The van der Waals surface area contributed by atoms with Crippen LogP contribution in [0.15, 0.2) is 34.9 Å². The molecule has 6 heteroatoms. The van der Waals surface area contributed by atoms with Gasteiger partial charge >= 0.3 is 0 Å². The van der Waals surface area contributed by atoms with Crippen LogP contribution in [-0.4, -0.2) is 15.7 Å². The molecule has 0 unspecified atom stereocenters. The van der Waals surface area contributed by atoms with E-state index in [1.54, 1.807) is 16.9 Å². The smallest absolute Gasteiger partial charge is 0.269 e. The van der Waals surface area contributed by atoms with Crippen LogP contribution in [-0.2, 0) is 6.54 Å². The zero-order chi connectivity index (χ0) is 12.4. The molecule has 1 heterocycles. The normalized spacial score (nSPS) is 10.5. The van der Waals surface area contributed by atoms with Gasteiger partial charge in [-0.2, -0.15) is 5.10 Å². The standard InChI is InChI=1S/C11H11BrN4O/c12-8-5-7(6-13)1-2-10(8)16-4-3-9(15-16)11(14)17/h1-5H,6,13H2,(H2,14,17). The molecule has 0 aliphatic rings. The van der Waals surface area contributed by atoms with Crippen LogP contribution in [0.5, 0.6) is 0 Å². The van der Waals surface area contributed by atoms with Crippen LogP contribution in [0.2, 0.25) is 0 Å². The van der Waals surface area contributed by atoms with Crippen molar-refractivity contribution in [3.8, 4) is 5.69 Å². The van der Waals surface area contributed by atoms with Gasteiger partial charge in [0.05, 0.1) is 5.69 Å². The molecule has 0 bridgehead atoms. The van der Waals surface area contributed by atoms with Gasteiger partial charge < -0.3 is 11.5 Å². The number of halogens is 1. The fraction of sp³-hybridized carbons (Fsp3) is 0.0909. The van der Waals surface area contributed by atoms with E-state index in [0.29, 0.717) is 6.54 Å². The number of primary amides is 1. The lowest BCUT2D eigenvalue weighted by atomic mass is 10.2. The van der Waals surface area contributed by atoms with Crippen molar-refractivity contribution in [2.75, 3.05) is 0 Å². The molecule has 4 N–H and O–H groups in total. The highest BCUT2D eigenvalue weighted by Crippen LogP contribution is 2.22. The summed E-state index contributed by atoms with van der Waals surface area (Å²) < 4.78 is 2.45. The second-order valence-electron chi connectivity index (χ2n) is 3.50. The molecule has 1 amide bonds. The van der Waals surface area contributed by atoms with E-state index in [9.17, 15) is 4.79 Å². The predicted molar refractivity (Wildman–Crippen MR) is 67.7 cm³/mol. The minimum absolute atomic E-state index is 0.236. The van der Waals surface area contributed by atoms with Gasteiger partial charge in [0.15, 0.2) is 0 Å². The van der Waals surface area contributed by atoms with E-state index < -0.39 is 5.91 Å². The van der Waals surface area contributed by atoms with Crippen LogP contribution < -0.4 is 11.5 Å². The van der Waals surface area contributed by atoms with Gasteiger partial charge in [-0.15, -0.1) is 0 Å². The first-order valence-electron chi connectivity index (χ1n) is 4.96. The number of hydrogen-bond donors (Lipinski definition) is 2. The van der Waals surface area contributed by atoms with Crippen LogP contribution in [0.3, 0.4) is 0 Å². The van der Waals surface area contributed by atoms with Gasteiger partial charge in [0.25, 0.3) is 5.91 Å². The maximum absolute atomic E-state index is 10.9. The van der Waals surface area contributed by atoms with Crippen molar-refractivity contribution >= 4 is 21.8 Å². The molecule has 0 fully saturated rings. The van der Waals surface area contributed by atoms with Crippen molar-refractivity contribution in [3.63, 3.8) is 0 Å². The number of rotatable bonds is 3. The number of nitrogens with zero attached hydrogens (tertiary/aromatic N) is 2. The summed E-state index contributed by atoms with van der Waals surface area (Å²) in [5.74, 6) is -0.543. The average molecular weight is 295 g/mol. The lowest BCUT2D eigenvalue weighted by molar-refractivity contribution is 0.0995. The van der Waals surface area contributed by atoms with E-state index in [4.69, 9.17) is 11.5 Å². The van der Waals surface area contributed by atoms with E-state index in [2.05, 4.69) is 21.0 Å². The maximum atomic E-state index is 10.9. The van der Waals surface area contributed by atoms with Crippen molar-refractivity contribution in [2.45, 2.75) is 6.54 Å². The third kappa shape index (κ3) is 2.37. The lowest BCUT2D eigenvalue weighted by Gasteiger charge is -2.06. The number of aromatic nitrogens is 2. The summed E-state index contributed by atoms with van der Waals surface area (Å²) in [6.07, 6.45) is 1.68. The first-order valence-corrected chi connectivity index (χ1v) is 5.75. The fourth-order valence-corrected chi connectivity index (χ4v) is 2.06. The largest absolute Gasteiger partial charge is 0.364 e. The van der Waals surface area contributed by atoms with Crippen LogP contribution in [0.25, 0.3) is 5.69 Å². The number of nitrogens with two attached hydrogens (primary N) is 2. The van der Waals surface area contributed by atoms with E-state index >= 15 is 0 Å². The zero-order valence-corrected chi connectivity index (χ0v) is 10.5. The summed E-state index contributed by atoms with van der Waals surface area (Å²) >= 11 is 3.44. The molecule has 2 rings (SSSR count). The molecule has 1 aromatic carbocycles. The quantitative estimate of drug-likeness (QED) is 0.891. The first-order chi connectivity index (χ1) is 8.11. The number of carbonyl (C=O) groups is 1. The van der Waals surface area contributed by atoms with Gasteiger partial charge in [0, 0.05) is 17.2 Å². The molecule has 0 aliphatic heterocycles. The van der Waals surface area contributed by atoms with Gasteiger partial charge in [0.2, 0.25) is 0 Å². The number of carbonyl (C=O) groups excluding carboxylic acids is 1. The van der Waals surface area contributed by atoms with E-state index in [-0.39, 0.29) is 5.69 Å². The van der Waals surface area contributed by atoms with Crippen molar-refractivity contribution in [3.05, 3.63) is 46.2 Å². The summed E-state index contributed by atoms with van der Waals surface area (Å²) in [5, 5.41) is 4.08. The molecular formula is C11H11BrN4O. The minimum Gasteiger partial charge on any atom is -0.364 e. The molecular weight excluding hydrogens is 284 g/mol. The SMILES string of the molecule is NCc1ccc(-n2ccc(C(N)=O)n2)c(Br)c1. The Kier molecular flexibility index (Phi) is 3.26. The predicted octanol–water partition coefficient (Wildman–Crippen LogP) is 1.19. The van der Waals surface area contributed by atoms with Gasteiger partial charge in [-0.1, -0.05) is 6.07 Å². The van der Waals surface area contributed by atoms with Gasteiger partial charge in [0.1, 0.15) is 5.69 Å². The molecule has 0 saturated carbocycles. The van der Waals surface area contributed by atoms with Crippen molar-refractivity contribution in [1.29, 1.82) is 0 Å². The van der Waals surface area contributed by atoms with E-state index in [0.717, 1.165) is 15.7 Å². The van der Waals surface area contributed by atoms with Gasteiger partial charge in [-0.3, -0.25) is 4.79 Å². The van der Waals surface area contributed by atoms with Crippen molar-refractivity contribution < 1.29 is 4.79 Å². The Labute approximate surface area is 107 Å². The topological polar surface area (TPSA) is 86.9 Å². The molecule has 5 nitrogen and oxygen atoms in total.